The van der Waals surface area contributed by atoms with Gasteiger partial charge in [0.15, 0.2) is 0 Å². The summed E-state index contributed by atoms with van der Waals surface area (Å²) >= 11 is 6.07. The number of nitrogens with one attached hydrogen (secondary N) is 1. The predicted molar refractivity (Wildman–Crippen MR) is 83.4 cm³/mol. The van der Waals surface area contributed by atoms with Crippen molar-refractivity contribution in [3.8, 4) is 11.8 Å². The van der Waals surface area contributed by atoms with E-state index in [9.17, 15) is 4.79 Å². The first-order valence-corrected chi connectivity index (χ1v) is 7.48. The molecule has 1 heterocycles. The van der Waals surface area contributed by atoms with Gasteiger partial charge in [0.1, 0.15) is 6.61 Å². The summed E-state index contributed by atoms with van der Waals surface area (Å²) < 4.78 is 0. The molecule has 2 N–H and O–H groups in total. The van der Waals surface area contributed by atoms with Crippen molar-refractivity contribution in [2.24, 2.45) is 0 Å². The fourth-order valence-electron chi connectivity index (χ4n) is 2.33. The standard InChI is InChI=1S/C16H19ClN2O2/c17-15-12-14(6-5-13(15)4-3-11-20)16(21)18-7-10-19-8-1-2-9-19/h5-6,12,20H,1-2,7-11H2,(H,18,21). The van der Waals surface area contributed by atoms with E-state index in [0.29, 0.717) is 22.7 Å². The zero-order chi connectivity index (χ0) is 15.1. The van der Waals surface area contributed by atoms with E-state index >= 15 is 0 Å². The fourth-order valence-corrected chi connectivity index (χ4v) is 2.56. The van der Waals surface area contributed by atoms with Crippen molar-refractivity contribution in [2.45, 2.75) is 12.8 Å². The molecule has 1 amide bonds. The van der Waals surface area contributed by atoms with Crippen molar-refractivity contribution in [1.29, 1.82) is 0 Å². The number of likely N-dealkylation sites (tertiary alicyclic amines) is 1. The lowest BCUT2D eigenvalue weighted by Gasteiger charge is -2.14. The van der Waals surface area contributed by atoms with E-state index in [4.69, 9.17) is 16.7 Å². The number of benzene rings is 1. The van der Waals surface area contributed by atoms with Gasteiger partial charge in [-0.05, 0) is 44.1 Å². The highest BCUT2D eigenvalue weighted by atomic mass is 35.5. The van der Waals surface area contributed by atoms with Gasteiger partial charge in [-0.3, -0.25) is 4.79 Å². The van der Waals surface area contributed by atoms with Crippen molar-refractivity contribution in [3.63, 3.8) is 0 Å². The number of carbonyl (C=O) groups excluding carboxylic acids is 1. The van der Waals surface area contributed by atoms with Gasteiger partial charge in [-0.1, -0.05) is 23.4 Å². The zero-order valence-electron chi connectivity index (χ0n) is 11.9. The molecule has 2 rings (SSSR count). The van der Waals surface area contributed by atoms with Gasteiger partial charge in [0.05, 0.1) is 5.02 Å². The highest BCUT2D eigenvalue weighted by Crippen LogP contribution is 2.17. The van der Waals surface area contributed by atoms with Crippen LogP contribution >= 0.6 is 11.6 Å². The smallest absolute Gasteiger partial charge is 0.251 e. The van der Waals surface area contributed by atoms with Crippen LogP contribution < -0.4 is 5.32 Å². The molecular formula is C16H19ClN2O2. The monoisotopic (exact) mass is 306 g/mol. The molecule has 0 spiro atoms. The molecule has 5 heteroatoms. The Morgan fingerprint density at radius 1 is 1.38 bits per heavy atom. The van der Waals surface area contributed by atoms with E-state index in [1.54, 1.807) is 18.2 Å². The van der Waals surface area contributed by atoms with Gasteiger partial charge in [0.25, 0.3) is 5.91 Å². The van der Waals surface area contributed by atoms with Crippen LogP contribution in [0.1, 0.15) is 28.8 Å². The average molecular weight is 307 g/mol. The number of hydrogen-bond donors (Lipinski definition) is 2. The van der Waals surface area contributed by atoms with Crippen LogP contribution in [0.4, 0.5) is 0 Å². The molecule has 0 bridgehead atoms. The van der Waals surface area contributed by atoms with E-state index in [1.807, 2.05) is 0 Å². The van der Waals surface area contributed by atoms with Gasteiger partial charge < -0.3 is 15.3 Å². The third-order valence-corrected chi connectivity index (χ3v) is 3.76. The second-order valence-electron chi connectivity index (χ2n) is 4.96. The lowest BCUT2D eigenvalue weighted by atomic mass is 10.1. The summed E-state index contributed by atoms with van der Waals surface area (Å²) in [6, 6.07) is 4.99. The lowest BCUT2D eigenvalue weighted by molar-refractivity contribution is 0.0950. The molecule has 0 radical (unpaired) electrons. The molecule has 4 nitrogen and oxygen atoms in total. The van der Waals surface area contributed by atoms with E-state index in [2.05, 4.69) is 22.1 Å². The summed E-state index contributed by atoms with van der Waals surface area (Å²) in [4.78, 5) is 14.4. The average Bonchev–Trinajstić information content (AvgIpc) is 2.99. The molecule has 1 fully saturated rings. The predicted octanol–water partition coefficient (Wildman–Crippen LogP) is 1.51. The number of halogens is 1. The van der Waals surface area contributed by atoms with E-state index in [1.165, 1.54) is 12.8 Å². The Labute approximate surface area is 130 Å². The second kappa shape index (κ2) is 8.04. The maximum Gasteiger partial charge on any atom is 0.251 e. The Morgan fingerprint density at radius 3 is 2.81 bits per heavy atom. The first kappa shape index (κ1) is 15.8. The van der Waals surface area contributed by atoms with E-state index in [-0.39, 0.29) is 12.5 Å². The number of hydrogen-bond acceptors (Lipinski definition) is 3. The van der Waals surface area contributed by atoms with Crippen LogP contribution in [0, 0.1) is 11.8 Å². The first-order valence-electron chi connectivity index (χ1n) is 7.10. The second-order valence-corrected chi connectivity index (χ2v) is 5.37. The number of nitrogens with zero attached hydrogens (tertiary/aromatic N) is 1. The molecule has 1 aromatic rings. The molecule has 0 aliphatic carbocycles. The third-order valence-electron chi connectivity index (χ3n) is 3.45. The van der Waals surface area contributed by atoms with Crippen LogP contribution in [0.15, 0.2) is 18.2 Å². The number of aliphatic hydroxyl groups excluding tert-OH is 1. The maximum atomic E-state index is 12.0. The first-order chi connectivity index (χ1) is 10.2. The van der Waals surface area contributed by atoms with E-state index < -0.39 is 0 Å². The molecule has 0 atom stereocenters. The van der Waals surface area contributed by atoms with Crippen LogP contribution in [-0.4, -0.2) is 48.7 Å². The minimum Gasteiger partial charge on any atom is -0.384 e. The van der Waals surface area contributed by atoms with Crippen LogP contribution in [0.2, 0.25) is 5.02 Å². The zero-order valence-corrected chi connectivity index (χ0v) is 12.6. The maximum absolute atomic E-state index is 12.0. The van der Waals surface area contributed by atoms with Crippen LogP contribution in [-0.2, 0) is 0 Å². The van der Waals surface area contributed by atoms with Crippen molar-refractivity contribution < 1.29 is 9.90 Å². The number of rotatable bonds is 4. The Bertz CT molecular complexity index is 557. The molecule has 21 heavy (non-hydrogen) atoms. The Morgan fingerprint density at radius 2 is 2.14 bits per heavy atom. The molecule has 1 aliphatic heterocycles. The molecule has 0 aromatic heterocycles. The lowest BCUT2D eigenvalue weighted by Crippen LogP contribution is -2.33. The molecule has 0 unspecified atom stereocenters. The SMILES string of the molecule is O=C(NCCN1CCCC1)c1ccc(C#CCO)c(Cl)c1. The summed E-state index contributed by atoms with van der Waals surface area (Å²) in [5.41, 5.74) is 1.13. The molecule has 1 aliphatic rings. The summed E-state index contributed by atoms with van der Waals surface area (Å²) in [5.74, 6) is 5.15. The van der Waals surface area contributed by atoms with Crippen molar-refractivity contribution in [2.75, 3.05) is 32.8 Å². The fraction of sp³-hybridized carbons (Fsp3) is 0.438. The van der Waals surface area contributed by atoms with Gasteiger partial charge in [0.2, 0.25) is 0 Å². The van der Waals surface area contributed by atoms with Crippen LogP contribution in [0.5, 0.6) is 0 Å². The Hall–Kier alpha value is -1.54. The largest absolute Gasteiger partial charge is 0.384 e. The number of amides is 1. The van der Waals surface area contributed by atoms with Gasteiger partial charge in [-0.15, -0.1) is 0 Å². The van der Waals surface area contributed by atoms with Crippen molar-refractivity contribution in [3.05, 3.63) is 34.3 Å². The van der Waals surface area contributed by atoms with Crippen LogP contribution in [0.25, 0.3) is 0 Å². The summed E-state index contributed by atoms with van der Waals surface area (Å²) in [6.07, 6.45) is 2.50. The third kappa shape index (κ3) is 4.75. The summed E-state index contributed by atoms with van der Waals surface area (Å²) in [6.45, 7) is 3.57. The number of aliphatic hydroxyl groups is 1. The van der Waals surface area contributed by atoms with E-state index in [0.717, 1.165) is 19.6 Å². The minimum atomic E-state index is -0.213. The highest BCUT2D eigenvalue weighted by Gasteiger charge is 2.12. The van der Waals surface area contributed by atoms with Crippen LogP contribution in [0.3, 0.4) is 0 Å². The minimum absolute atomic E-state index is 0.127. The topological polar surface area (TPSA) is 52.6 Å². The molecule has 1 aromatic carbocycles. The summed E-state index contributed by atoms with van der Waals surface area (Å²) in [7, 11) is 0. The Kier molecular flexibility index (Phi) is 6.06. The Balaban J connectivity index is 1.88. The van der Waals surface area contributed by atoms with Gasteiger partial charge in [-0.2, -0.15) is 0 Å². The molecule has 1 saturated heterocycles. The molecular weight excluding hydrogens is 288 g/mol. The van der Waals surface area contributed by atoms with Gasteiger partial charge >= 0.3 is 0 Å². The highest BCUT2D eigenvalue weighted by molar-refractivity contribution is 6.32. The number of carbonyl (C=O) groups is 1. The summed E-state index contributed by atoms with van der Waals surface area (Å²) in [5, 5.41) is 12.0. The van der Waals surface area contributed by atoms with Gasteiger partial charge in [-0.25, -0.2) is 0 Å². The molecule has 0 saturated carbocycles. The van der Waals surface area contributed by atoms with Gasteiger partial charge in [0, 0.05) is 24.2 Å². The van der Waals surface area contributed by atoms with Crippen molar-refractivity contribution >= 4 is 17.5 Å². The molecule has 112 valence electrons. The van der Waals surface area contributed by atoms with Crippen molar-refractivity contribution in [1.82, 2.24) is 10.2 Å². The quantitative estimate of drug-likeness (QED) is 0.829. The normalized spacial score (nSPS) is 14.6.